The second kappa shape index (κ2) is 9.22. The molecule has 0 aliphatic heterocycles. The van der Waals surface area contributed by atoms with Gasteiger partial charge in [-0.2, -0.15) is 0 Å². The van der Waals surface area contributed by atoms with Crippen LogP contribution in [-0.4, -0.2) is 4.40 Å². The smallest absolute Gasteiger partial charge is 0.159 e. The summed E-state index contributed by atoms with van der Waals surface area (Å²) in [5.74, 6) is 0. The molecule has 3 nitrogen and oxygen atoms in total. The summed E-state index contributed by atoms with van der Waals surface area (Å²) >= 11 is 0. The summed E-state index contributed by atoms with van der Waals surface area (Å²) in [5.41, 5.74) is 11.1. The molecule has 210 valence electrons. The van der Waals surface area contributed by atoms with Crippen LogP contribution in [0.1, 0.15) is 0 Å². The first-order valence-electron chi connectivity index (χ1n) is 15.4. The lowest BCUT2D eigenvalue weighted by Crippen LogP contribution is -2.10. The summed E-state index contributed by atoms with van der Waals surface area (Å²) in [6.45, 7) is 0. The average Bonchev–Trinajstić information content (AvgIpc) is 3.77. The summed E-state index contributed by atoms with van der Waals surface area (Å²) in [6, 6.07) is 56.4. The molecule has 0 aliphatic carbocycles. The summed E-state index contributed by atoms with van der Waals surface area (Å²) in [5, 5.41) is 7.33. The third-order valence-electron chi connectivity index (χ3n) is 9.32. The summed E-state index contributed by atoms with van der Waals surface area (Å²) in [6.07, 6.45) is 0. The number of hydrogen-bond donors (Lipinski definition) is 0. The molecule has 0 amide bonds. The number of rotatable bonds is 4. The van der Waals surface area contributed by atoms with Gasteiger partial charge >= 0.3 is 0 Å². The Labute approximate surface area is 259 Å². The van der Waals surface area contributed by atoms with Crippen molar-refractivity contribution in [3.63, 3.8) is 0 Å². The average molecular weight is 575 g/mol. The lowest BCUT2D eigenvalue weighted by atomic mass is 10.0. The highest BCUT2D eigenvalue weighted by Crippen LogP contribution is 2.45. The molecule has 0 N–H and O–H groups in total. The van der Waals surface area contributed by atoms with Crippen LogP contribution in [0.5, 0.6) is 0 Å². The molecule has 10 rings (SSSR count). The fraction of sp³-hybridized carbons (Fsp3) is 0. The Morgan fingerprint density at radius 3 is 1.91 bits per heavy atom. The minimum absolute atomic E-state index is 0.880. The lowest BCUT2D eigenvalue weighted by molar-refractivity contribution is 0.669. The van der Waals surface area contributed by atoms with Crippen molar-refractivity contribution in [2.75, 3.05) is 4.90 Å². The topological polar surface area (TPSA) is 20.8 Å². The Morgan fingerprint density at radius 2 is 1.04 bits per heavy atom. The van der Waals surface area contributed by atoms with Gasteiger partial charge in [0.2, 0.25) is 0 Å². The summed E-state index contributed by atoms with van der Waals surface area (Å²) in [4.78, 5) is 2.34. The third kappa shape index (κ3) is 3.46. The number of fused-ring (bicyclic) bond motifs is 9. The molecule has 45 heavy (non-hydrogen) atoms. The van der Waals surface area contributed by atoms with Crippen LogP contribution in [0, 0.1) is 0 Å². The van der Waals surface area contributed by atoms with Gasteiger partial charge in [-0.25, -0.2) is 0 Å². The molecule has 0 saturated carbocycles. The second-order valence-corrected chi connectivity index (χ2v) is 11.8. The molecule has 0 unspecified atom stereocenters. The second-order valence-electron chi connectivity index (χ2n) is 11.8. The van der Waals surface area contributed by atoms with Crippen LogP contribution in [0.3, 0.4) is 0 Å². The van der Waals surface area contributed by atoms with E-state index >= 15 is 0 Å². The van der Waals surface area contributed by atoms with Gasteiger partial charge in [0.25, 0.3) is 0 Å². The number of para-hydroxylation sites is 4. The van der Waals surface area contributed by atoms with Crippen molar-refractivity contribution in [2.45, 2.75) is 0 Å². The Hall–Kier alpha value is -6.06. The molecule has 3 heterocycles. The molecule has 0 fully saturated rings. The van der Waals surface area contributed by atoms with Crippen LogP contribution in [0.2, 0.25) is 0 Å². The van der Waals surface area contributed by atoms with Gasteiger partial charge < -0.3 is 13.7 Å². The first-order chi connectivity index (χ1) is 22.3. The van der Waals surface area contributed by atoms with Crippen LogP contribution in [0.4, 0.5) is 17.1 Å². The SMILES string of the molecule is c1ccc(-c2ccc(N(c3ccc4c(c3)c3cccc5c6ccccc6n4c53)c3cccc4c3oc3ccccc34)cc2)cc1. The molecule has 0 bridgehead atoms. The molecule has 7 aromatic carbocycles. The number of hydrogen-bond acceptors (Lipinski definition) is 2. The third-order valence-corrected chi connectivity index (χ3v) is 9.32. The Kier molecular flexibility index (Phi) is 5.00. The zero-order valence-electron chi connectivity index (χ0n) is 24.3. The fourth-order valence-corrected chi connectivity index (χ4v) is 7.33. The van der Waals surface area contributed by atoms with Gasteiger partial charge in [-0.1, -0.05) is 109 Å². The van der Waals surface area contributed by atoms with Gasteiger partial charge in [-0.05, 0) is 59.7 Å². The quantitative estimate of drug-likeness (QED) is 0.208. The molecule has 0 saturated heterocycles. The maximum atomic E-state index is 6.58. The monoisotopic (exact) mass is 574 g/mol. The minimum Gasteiger partial charge on any atom is -0.454 e. The first kappa shape index (κ1) is 24.4. The van der Waals surface area contributed by atoms with Gasteiger partial charge in [0.1, 0.15) is 5.58 Å². The molecule has 0 atom stereocenters. The lowest BCUT2D eigenvalue weighted by Gasteiger charge is -2.26. The molecule has 3 heteroatoms. The fourth-order valence-electron chi connectivity index (χ4n) is 7.33. The van der Waals surface area contributed by atoms with Gasteiger partial charge in [0, 0.05) is 43.7 Å². The van der Waals surface area contributed by atoms with E-state index in [-0.39, 0.29) is 0 Å². The molecule has 0 aliphatic rings. The van der Waals surface area contributed by atoms with Crippen molar-refractivity contribution < 1.29 is 4.42 Å². The summed E-state index contributed by atoms with van der Waals surface area (Å²) < 4.78 is 9.01. The highest BCUT2D eigenvalue weighted by atomic mass is 16.3. The van der Waals surface area contributed by atoms with E-state index in [4.69, 9.17) is 4.42 Å². The Bertz CT molecular complexity index is 2700. The van der Waals surface area contributed by atoms with Gasteiger partial charge in [0.05, 0.1) is 22.2 Å². The van der Waals surface area contributed by atoms with E-state index < -0.39 is 0 Å². The van der Waals surface area contributed by atoms with Crippen molar-refractivity contribution >= 4 is 77.1 Å². The van der Waals surface area contributed by atoms with Crippen molar-refractivity contribution in [1.82, 2.24) is 4.40 Å². The Morgan fingerprint density at radius 1 is 0.422 bits per heavy atom. The van der Waals surface area contributed by atoms with E-state index in [1.807, 2.05) is 12.1 Å². The maximum absolute atomic E-state index is 6.58. The van der Waals surface area contributed by atoms with E-state index in [1.165, 1.54) is 49.2 Å². The van der Waals surface area contributed by atoms with Crippen LogP contribution >= 0.6 is 0 Å². The van der Waals surface area contributed by atoms with E-state index in [9.17, 15) is 0 Å². The molecular weight excluding hydrogens is 548 g/mol. The molecule has 3 aromatic heterocycles. The highest BCUT2D eigenvalue weighted by Gasteiger charge is 2.22. The van der Waals surface area contributed by atoms with Crippen LogP contribution in [0.15, 0.2) is 162 Å². The van der Waals surface area contributed by atoms with Gasteiger partial charge in [-0.3, -0.25) is 0 Å². The van der Waals surface area contributed by atoms with Crippen molar-refractivity contribution in [2.24, 2.45) is 0 Å². The van der Waals surface area contributed by atoms with Crippen LogP contribution in [0.25, 0.3) is 71.2 Å². The number of anilines is 3. The largest absolute Gasteiger partial charge is 0.454 e. The predicted octanol–water partition coefficient (Wildman–Crippen LogP) is 11.9. The zero-order chi connectivity index (χ0) is 29.5. The minimum atomic E-state index is 0.880. The molecule has 0 spiro atoms. The normalized spacial score (nSPS) is 12.0. The first-order valence-corrected chi connectivity index (χ1v) is 15.4. The number of nitrogens with zero attached hydrogens (tertiary/aromatic N) is 2. The standard InChI is InChI=1S/C42H26N2O/c1-2-10-27(11-3-1)28-20-22-29(23-21-28)43(39-18-9-16-35-32-13-5-7-19-40(32)45-42(35)39)30-24-25-38-36(26-30)34-15-8-14-33-31-12-4-6-17-37(31)44(38)41(33)34/h1-26H. The maximum Gasteiger partial charge on any atom is 0.159 e. The van der Waals surface area contributed by atoms with E-state index in [2.05, 4.69) is 155 Å². The highest BCUT2D eigenvalue weighted by molar-refractivity contribution is 6.23. The van der Waals surface area contributed by atoms with E-state index in [1.54, 1.807) is 0 Å². The van der Waals surface area contributed by atoms with Gasteiger partial charge in [0.15, 0.2) is 5.58 Å². The van der Waals surface area contributed by atoms with E-state index in [0.29, 0.717) is 0 Å². The van der Waals surface area contributed by atoms with Gasteiger partial charge in [-0.15, -0.1) is 0 Å². The number of furan rings is 1. The summed E-state index contributed by atoms with van der Waals surface area (Å²) in [7, 11) is 0. The predicted molar refractivity (Wildman–Crippen MR) is 188 cm³/mol. The van der Waals surface area contributed by atoms with Crippen LogP contribution < -0.4 is 4.90 Å². The van der Waals surface area contributed by atoms with Crippen molar-refractivity contribution in [3.05, 3.63) is 158 Å². The molecule has 10 aromatic rings. The number of benzene rings is 7. The molecule has 0 radical (unpaired) electrons. The van der Waals surface area contributed by atoms with Crippen LogP contribution in [-0.2, 0) is 0 Å². The Balaban J connectivity index is 1.24. The van der Waals surface area contributed by atoms with Crippen molar-refractivity contribution in [1.29, 1.82) is 0 Å². The molecular formula is C42H26N2O. The zero-order valence-corrected chi connectivity index (χ0v) is 24.3. The number of aromatic nitrogens is 1. The van der Waals surface area contributed by atoms with Crippen molar-refractivity contribution in [3.8, 4) is 11.1 Å². The van der Waals surface area contributed by atoms with E-state index in [0.717, 1.165) is 39.0 Å².